The van der Waals surface area contributed by atoms with Crippen molar-refractivity contribution in [3.63, 3.8) is 0 Å². The summed E-state index contributed by atoms with van der Waals surface area (Å²) in [5, 5.41) is -0.583. The first kappa shape index (κ1) is 29.2. The summed E-state index contributed by atoms with van der Waals surface area (Å²) in [6, 6.07) is 1.76. The first-order chi connectivity index (χ1) is 21.3. The van der Waals surface area contributed by atoms with Gasteiger partial charge in [0.1, 0.15) is 40.8 Å². The molecule has 15 heteroatoms. The number of anilines is 2. The monoisotopic (exact) mass is 652 g/mol. The van der Waals surface area contributed by atoms with Gasteiger partial charge in [-0.2, -0.15) is 23.1 Å². The van der Waals surface area contributed by atoms with Crippen LogP contribution >= 0.6 is 11.6 Å². The van der Waals surface area contributed by atoms with E-state index in [1.807, 2.05) is 11.9 Å². The SMILES string of the molecule is CN1c2nc(OC[C@@]34CCCN3C[C@H](F)C4)nc3c(F)c(-c4cc(N)cc(Cl)c4C(F)(F)F)nc(c23)OC2(CC2)CC12COC2. The Labute approximate surface area is 259 Å². The number of halogens is 6. The number of nitrogens with two attached hydrogens (primary N) is 1. The number of nitrogen functional groups attached to an aromatic ring is 1. The van der Waals surface area contributed by atoms with Gasteiger partial charge in [-0.3, -0.25) is 4.90 Å². The van der Waals surface area contributed by atoms with Gasteiger partial charge in [0.25, 0.3) is 0 Å². The van der Waals surface area contributed by atoms with E-state index in [2.05, 4.69) is 14.9 Å². The summed E-state index contributed by atoms with van der Waals surface area (Å²) in [6.07, 6.45) is -2.11. The van der Waals surface area contributed by atoms with E-state index in [9.17, 15) is 17.6 Å². The van der Waals surface area contributed by atoms with E-state index in [1.165, 1.54) is 0 Å². The summed E-state index contributed by atoms with van der Waals surface area (Å²) in [6.45, 7) is 1.90. The van der Waals surface area contributed by atoms with Gasteiger partial charge < -0.3 is 24.8 Å². The van der Waals surface area contributed by atoms with Crippen molar-refractivity contribution in [2.24, 2.45) is 0 Å². The smallest absolute Gasteiger partial charge is 0.418 e. The van der Waals surface area contributed by atoms with Crippen molar-refractivity contribution in [1.82, 2.24) is 19.9 Å². The van der Waals surface area contributed by atoms with E-state index in [-0.39, 0.29) is 40.9 Å². The molecule has 8 rings (SSSR count). The third-order valence-corrected chi connectivity index (χ3v) is 10.4. The number of hydrogen-bond donors (Lipinski definition) is 1. The van der Waals surface area contributed by atoms with E-state index in [0.29, 0.717) is 45.4 Å². The van der Waals surface area contributed by atoms with E-state index >= 15 is 4.39 Å². The molecule has 2 aromatic heterocycles. The maximum Gasteiger partial charge on any atom is 0.418 e. The fraction of sp³-hybridized carbons (Fsp3) is 0.567. The molecule has 2 spiro atoms. The predicted octanol–water partition coefficient (Wildman–Crippen LogP) is 5.56. The zero-order valence-corrected chi connectivity index (χ0v) is 25.1. The summed E-state index contributed by atoms with van der Waals surface area (Å²) in [7, 11) is 1.81. The van der Waals surface area contributed by atoms with Crippen molar-refractivity contribution in [1.29, 1.82) is 0 Å². The molecule has 240 valence electrons. The summed E-state index contributed by atoms with van der Waals surface area (Å²) in [4.78, 5) is 17.4. The third-order valence-electron chi connectivity index (χ3n) is 10.1. The maximum absolute atomic E-state index is 16.7. The maximum atomic E-state index is 16.7. The molecule has 0 unspecified atom stereocenters. The quantitative estimate of drug-likeness (QED) is 0.287. The molecule has 9 nitrogen and oxygen atoms in total. The number of hydrogen-bond acceptors (Lipinski definition) is 9. The number of pyridine rings is 1. The van der Waals surface area contributed by atoms with Gasteiger partial charge in [-0.15, -0.1) is 0 Å². The van der Waals surface area contributed by atoms with Crippen LogP contribution in [0.25, 0.3) is 22.2 Å². The molecule has 5 aliphatic rings. The van der Waals surface area contributed by atoms with Crippen LogP contribution in [0.3, 0.4) is 0 Å². The lowest BCUT2D eigenvalue weighted by atomic mass is 9.86. The fourth-order valence-electron chi connectivity index (χ4n) is 7.65. The van der Waals surface area contributed by atoms with Gasteiger partial charge in [-0.1, -0.05) is 11.6 Å². The lowest BCUT2D eigenvalue weighted by Crippen LogP contribution is -2.64. The van der Waals surface area contributed by atoms with Gasteiger partial charge >= 0.3 is 12.2 Å². The van der Waals surface area contributed by atoms with E-state index < -0.39 is 56.7 Å². The van der Waals surface area contributed by atoms with Crippen LogP contribution in [0.4, 0.5) is 33.5 Å². The molecule has 0 bridgehead atoms. The van der Waals surface area contributed by atoms with Crippen molar-refractivity contribution < 1.29 is 36.2 Å². The van der Waals surface area contributed by atoms with Gasteiger partial charge in [-0.25, -0.2) is 13.8 Å². The number of rotatable bonds is 4. The average Bonchev–Trinajstić information content (AvgIpc) is 3.47. The van der Waals surface area contributed by atoms with Crippen molar-refractivity contribution >= 4 is 34.0 Å². The fourth-order valence-corrected chi connectivity index (χ4v) is 7.98. The Morgan fingerprint density at radius 1 is 1.16 bits per heavy atom. The second-order valence-corrected chi connectivity index (χ2v) is 13.6. The van der Waals surface area contributed by atoms with Crippen LogP contribution < -0.4 is 20.1 Å². The zero-order chi connectivity index (χ0) is 31.5. The number of alkyl halides is 4. The third kappa shape index (κ3) is 4.49. The number of fused-ring (bicyclic) bond motifs is 1. The van der Waals surface area contributed by atoms with E-state index in [4.69, 9.17) is 36.5 Å². The predicted molar refractivity (Wildman–Crippen MR) is 155 cm³/mol. The summed E-state index contributed by atoms with van der Waals surface area (Å²) in [5.74, 6) is -0.981. The molecule has 1 aliphatic carbocycles. The van der Waals surface area contributed by atoms with Crippen LogP contribution in [-0.4, -0.2) is 82.7 Å². The van der Waals surface area contributed by atoms with Gasteiger partial charge in [0.05, 0.1) is 34.9 Å². The summed E-state index contributed by atoms with van der Waals surface area (Å²) >= 11 is 6.03. The minimum atomic E-state index is -4.95. The highest BCUT2D eigenvalue weighted by Crippen LogP contribution is 2.54. The first-order valence-electron chi connectivity index (χ1n) is 14.9. The number of ether oxygens (including phenoxy) is 3. The Morgan fingerprint density at radius 3 is 2.62 bits per heavy atom. The molecule has 4 fully saturated rings. The Kier molecular flexibility index (Phi) is 6.26. The second-order valence-electron chi connectivity index (χ2n) is 13.2. The van der Waals surface area contributed by atoms with E-state index in [1.54, 1.807) is 0 Å². The number of benzene rings is 1. The van der Waals surface area contributed by atoms with Crippen molar-refractivity contribution in [2.45, 2.75) is 67.6 Å². The van der Waals surface area contributed by atoms with Crippen molar-refractivity contribution in [3.8, 4) is 23.1 Å². The highest BCUT2D eigenvalue weighted by Gasteiger charge is 2.58. The van der Waals surface area contributed by atoms with Crippen molar-refractivity contribution in [3.05, 3.63) is 28.5 Å². The molecule has 2 atom stereocenters. The normalized spacial score (nSPS) is 26.5. The highest BCUT2D eigenvalue weighted by molar-refractivity contribution is 6.32. The second kappa shape index (κ2) is 9.64. The Balaban J connectivity index is 1.34. The number of nitrogens with zero attached hydrogens (tertiary/aromatic N) is 5. The molecule has 0 radical (unpaired) electrons. The lowest BCUT2D eigenvalue weighted by molar-refractivity contribution is -0.137. The Bertz CT molecular complexity index is 1730. The van der Waals surface area contributed by atoms with Crippen LogP contribution in [0, 0.1) is 5.82 Å². The molecule has 4 aliphatic heterocycles. The molecule has 1 aromatic carbocycles. The first-order valence-corrected chi connectivity index (χ1v) is 15.3. The van der Waals surface area contributed by atoms with E-state index in [0.717, 1.165) is 31.5 Å². The minimum Gasteiger partial charge on any atom is -0.470 e. The van der Waals surface area contributed by atoms with Crippen LogP contribution in [0.1, 0.15) is 44.1 Å². The standard InChI is InChI=1S/C30H30ClF5N6O3/c1-41-24-19-23(39-26(40-24)44-14-27-3-2-6-42(27)10-15(32)9-27)21(33)22(17-7-16(37)8-18(31)20(17)30(34,35)36)38-25(19)45-29(4-5-29)11-28(41)12-43-13-28/h7-8,15H,2-6,9-14,37H2,1H3/t15-,27+/m1/s1. The molecule has 2 N–H and O–H groups in total. The largest absolute Gasteiger partial charge is 0.470 e. The number of likely N-dealkylation sites (N-methyl/N-ethyl adjacent to an activating group) is 1. The van der Waals surface area contributed by atoms with Crippen LogP contribution in [0.15, 0.2) is 12.1 Å². The lowest BCUT2D eigenvalue weighted by Gasteiger charge is -2.51. The Hall–Kier alpha value is -3.23. The zero-order valence-electron chi connectivity index (χ0n) is 24.3. The Morgan fingerprint density at radius 2 is 1.93 bits per heavy atom. The molecular weight excluding hydrogens is 623 g/mol. The molecule has 1 saturated carbocycles. The molecule has 6 heterocycles. The van der Waals surface area contributed by atoms with Gasteiger partial charge in [0.2, 0.25) is 5.88 Å². The van der Waals surface area contributed by atoms with Crippen LogP contribution in [0.2, 0.25) is 5.02 Å². The summed E-state index contributed by atoms with van der Waals surface area (Å²) in [5.41, 5.74) is 1.18. The van der Waals surface area contributed by atoms with Crippen LogP contribution in [-0.2, 0) is 10.9 Å². The molecule has 3 saturated heterocycles. The minimum absolute atomic E-state index is 0.0748. The highest BCUT2D eigenvalue weighted by atomic mass is 35.5. The number of aromatic nitrogens is 3. The molecule has 0 amide bonds. The molecular formula is C30H30ClF5N6O3. The average molecular weight is 653 g/mol. The van der Waals surface area contributed by atoms with Crippen molar-refractivity contribution in [2.75, 3.05) is 50.6 Å². The molecule has 3 aromatic rings. The van der Waals surface area contributed by atoms with Gasteiger partial charge in [0, 0.05) is 37.7 Å². The molecule has 45 heavy (non-hydrogen) atoms. The van der Waals surface area contributed by atoms with Gasteiger partial charge in [-0.05, 0) is 44.4 Å². The summed E-state index contributed by atoms with van der Waals surface area (Å²) < 4.78 is 92.3. The van der Waals surface area contributed by atoms with Crippen LogP contribution in [0.5, 0.6) is 11.9 Å². The van der Waals surface area contributed by atoms with Gasteiger partial charge in [0.15, 0.2) is 5.82 Å². The topological polar surface area (TPSA) is 98.9 Å².